The number of ether oxygens (including phenoxy) is 2. The lowest BCUT2D eigenvalue weighted by atomic mass is 10.2. The van der Waals surface area contributed by atoms with Crippen molar-refractivity contribution in [2.45, 2.75) is 0 Å². The Bertz CT molecular complexity index is 713. The van der Waals surface area contributed by atoms with Gasteiger partial charge in [0.25, 0.3) is 5.91 Å². The van der Waals surface area contributed by atoms with Crippen molar-refractivity contribution in [1.82, 2.24) is 5.43 Å². The molecule has 0 bridgehead atoms. The maximum atomic E-state index is 11.9. The van der Waals surface area contributed by atoms with Gasteiger partial charge in [-0.3, -0.25) is 4.79 Å². The van der Waals surface area contributed by atoms with Crippen molar-refractivity contribution in [3.05, 3.63) is 53.9 Å². The van der Waals surface area contributed by atoms with Crippen molar-refractivity contribution < 1.29 is 18.8 Å². The first kappa shape index (κ1) is 13.1. The molecule has 6 heteroatoms. The van der Waals surface area contributed by atoms with Gasteiger partial charge in [0, 0.05) is 6.07 Å². The average Bonchev–Trinajstić information content (AvgIpc) is 2.94. The number of aryl methyl sites for hydroxylation is 1. The van der Waals surface area contributed by atoms with Gasteiger partial charge in [0.1, 0.15) is 12.6 Å². The molecule has 0 saturated carbocycles. The maximum absolute atomic E-state index is 11.9. The summed E-state index contributed by atoms with van der Waals surface area (Å²) in [6, 6.07) is 8.98. The van der Waals surface area contributed by atoms with Gasteiger partial charge in [-0.15, -0.1) is 0 Å². The number of amides is 1. The SMILES string of the molecule is C[n+]1cccc(C(=O)N/N=C/c2ccc3c(c2)OCO3)c1. The van der Waals surface area contributed by atoms with Crippen molar-refractivity contribution in [3.8, 4) is 11.5 Å². The molecule has 0 aliphatic carbocycles. The van der Waals surface area contributed by atoms with Gasteiger partial charge in [0.15, 0.2) is 23.9 Å². The highest BCUT2D eigenvalue weighted by Crippen LogP contribution is 2.31. The Kier molecular flexibility index (Phi) is 3.51. The summed E-state index contributed by atoms with van der Waals surface area (Å²) in [5.74, 6) is 1.14. The molecule has 0 spiro atoms. The third-order valence-corrected chi connectivity index (χ3v) is 2.98. The summed E-state index contributed by atoms with van der Waals surface area (Å²) < 4.78 is 12.3. The fourth-order valence-electron chi connectivity index (χ4n) is 1.95. The minimum atomic E-state index is -0.261. The first-order valence-corrected chi connectivity index (χ1v) is 6.41. The lowest BCUT2D eigenvalue weighted by Crippen LogP contribution is -2.29. The van der Waals surface area contributed by atoms with Crippen LogP contribution in [0.5, 0.6) is 11.5 Å². The highest BCUT2D eigenvalue weighted by atomic mass is 16.7. The van der Waals surface area contributed by atoms with Gasteiger partial charge < -0.3 is 9.47 Å². The molecule has 6 nitrogen and oxygen atoms in total. The number of rotatable bonds is 3. The summed E-state index contributed by atoms with van der Waals surface area (Å²) in [6.07, 6.45) is 5.14. The first-order valence-electron chi connectivity index (χ1n) is 6.41. The van der Waals surface area contributed by atoms with E-state index in [9.17, 15) is 4.79 Å². The highest BCUT2D eigenvalue weighted by molar-refractivity contribution is 5.94. The van der Waals surface area contributed by atoms with E-state index in [0.29, 0.717) is 17.1 Å². The Hall–Kier alpha value is -2.89. The maximum Gasteiger partial charge on any atom is 0.277 e. The van der Waals surface area contributed by atoms with Gasteiger partial charge in [-0.05, 0) is 29.8 Å². The van der Waals surface area contributed by atoms with Crippen molar-refractivity contribution in [2.75, 3.05) is 6.79 Å². The Morgan fingerprint density at radius 1 is 1.33 bits per heavy atom. The molecule has 0 fully saturated rings. The summed E-state index contributed by atoms with van der Waals surface area (Å²) in [6.45, 7) is 0.234. The fraction of sp³-hybridized carbons (Fsp3) is 0.133. The number of aromatic nitrogens is 1. The largest absolute Gasteiger partial charge is 0.454 e. The molecule has 1 aromatic carbocycles. The fourth-order valence-corrected chi connectivity index (χ4v) is 1.95. The van der Waals surface area contributed by atoms with Crippen LogP contribution in [0.1, 0.15) is 15.9 Å². The van der Waals surface area contributed by atoms with Crippen LogP contribution in [-0.2, 0) is 7.05 Å². The summed E-state index contributed by atoms with van der Waals surface area (Å²) in [5.41, 5.74) is 3.85. The molecule has 1 amide bonds. The molecule has 0 saturated heterocycles. The molecule has 1 aromatic heterocycles. The van der Waals surface area contributed by atoms with Crippen molar-refractivity contribution >= 4 is 12.1 Å². The van der Waals surface area contributed by atoms with Gasteiger partial charge in [-0.1, -0.05) is 0 Å². The predicted molar refractivity (Wildman–Crippen MR) is 75.2 cm³/mol. The minimum Gasteiger partial charge on any atom is -0.454 e. The van der Waals surface area contributed by atoms with Crippen LogP contribution in [0.25, 0.3) is 0 Å². The van der Waals surface area contributed by atoms with E-state index >= 15 is 0 Å². The van der Waals surface area contributed by atoms with Crippen LogP contribution in [0.4, 0.5) is 0 Å². The lowest BCUT2D eigenvalue weighted by Gasteiger charge is -1.99. The third kappa shape index (κ3) is 3.00. The van der Waals surface area contributed by atoms with Crippen LogP contribution in [0.3, 0.4) is 0 Å². The zero-order valence-corrected chi connectivity index (χ0v) is 11.4. The predicted octanol–water partition coefficient (Wildman–Crippen LogP) is 1.00. The molecular formula is C15H14N3O3+. The average molecular weight is 284 g/mol. The van der Waals surface area contributed by atoms with E-state index in [1.807, 2.05) is 25.4 Å². The molecule has 1 N–H and O–H groups in total. The topological polar surface area (TPSA) is 63.8 Å². The van der Waals surface area contributed by atoms with Crippen LogP contribution in [0.2, 0.25) is 0 Å². The Morgan fingerprint density at radius 2 is 2.19 bits per heavy atom. The summed E-state index contributed by atoms with van der Waals surface area (Å²) in [7, 11) is 1.85. The van der Waals surface area contributed by atoms with Gasteiger partial charge >= 0.3 is 0 Å². The molecule has 1 aliphatic heterocycles. The molecule has 0 unspecified atom stereocenters. The van der Waals surface area contributed by atoms with Gasteiger partial charge in [-0.2, -0.15) is 5.10 Å². The normalized spacial score (nSPS) is 12.6. The van der Waals surface area contributed by atoms with E-state index in [2.05, 4.69) is 10.5 Å². The second-order valence-electron chi connectivity index (χ2n) is 4.57. The smallest absolute Gasteiger partial charge is 0.277 e. The molecular weight excluding hydrogens is 270 g/mol. The number of carbonyl (C=O) groups is 1. The molecule has 106 valence electrons. The standard InChI is InChI=1S/C15H13N3O3/c1-18-6-2-3-12(9-18)15(19)17-16-8-11-4-5-13-14(7-11)21-10-20-13/h2-9H,10H2,1H3/p+1/b16-8+. The molecule has 0 atom stereocenters. The van der Waals surface area contributed by atoms with Crippen molar-refractivity contribution in [1.29, 1.82) is 0 Å². The summed E-state index contributed by atoms with van der Waals surface area (Å²) in [4.78, 5) is 11.9. The van der Waals surface area contributed by atoms with Crippen LogP contribution in [0, 0.1) is 0 Å². The van der Waals surface area contributed by atoms with Gasteiger partial charge in [0.2, 0.25) is 6.79 Å². The monoisotopic (exact) mass is 284 g/mol. The Balaban J connectivity index is 1.65. The number of benzene rings is 1. The van der Waals surface area contributed by atoms with Crippen LogP contribution in [0.15, 0.2) is 47.8 Å². The van der Waals surface area contributed by atoms with Crippen molar-refractivity contribution in [3.63, 3.8) is 0 Å². The third-order valence-electron chi connectivity index (χ3n) is 2.98. The quantitative estimate of drug-likeness (QED) is 0.519. The molecule has 0 radical (unpaired) electrons. The molecule has 2 aromatic rings. The number of carbonyl (C=O) groups excluding carboxylic acids is 1. The van der Waals surface area contributed by atoms with E-state index in [0.717, 1.165) is 5.56 Å². The number of hydrazone groups is 1. The van der Waals surface area contributed by atoms with E-state index in [4.69, 9.17) is 9.47 Å². The Labute approximate surface area is 121 Å². The van der Waals surface area contributed by atoms with Crippen LogP contribution in [-0.4, -0.2) is 18.9 Å². The van der Waals surface area contributed by atoms with Crippen molar-refractivity contribution in [2.24, 2.45) is 12.1 Å². The van der Waals surface area contributed by atoms with Gasteiger partial charge in [-0.25, -0.2) is 9.99 Å². The van der Waals surface area contributed by atoms with E-state index in [1.54, 1.807) is 35.2 Å². The molecule has 2 heterocycles. The number of nitrogens with one attached hydrogen (secondary N) is 1. The second-order valence-corrected chi connectivity index (χ2v) is 4.57. The van der Waals surface area contributed by atoms with Crippen LogP contribution >= 0.6 is 0 Å². The second kappa shape index (κ2) is 5.62. The number of nitrogens with zero attached hydrogens (tertiary/aromatic N) is 2. The zero-order valence-electron chi connectivity index (χ0n) is 11.4. The summed E-state index contributed by atoms with van der Waals surface area (Å²) >= 11 is 0. The first-order chi connectivity index (χ1) is 10.2. The highest BCUT2D eigenvalue weighted by Gasteiger charge is 2.12. The Morgan fingerprint density at radius 3 is 3.05 bits per heavy atom. The van der Waals surface area contributed by atoms with E-state index in [-0.39, 0.29) is 12.7 Å². The van der Waals surface area contributed by atoms with Crippen LogP contribution < -0.4 is 19.5 Å². The summed E-state index contributed by atoms with van der Waals surface area (Å²) in [5, 5.41) is 3.94. The number of hydrogen-bond acceptors (Lipinski definition) is 4. The van der Waals surface area contributed by atoms with E-state index < -0.39 is 0 Å². The van der Waals surface area contributed by atoms with Gasteiger partial charge in [0.05, 0.1) is 6.21 Å². The number of fused-ring (bicyclic) bond motifs is 1. The molecule has 1 aliphatic rings. The molecule has 21 heavy (non-hydrogen) atoms. The molecule has 3 rings (SSSR count). The lowest BCUT2D eigenvalue weighted by molar-refractivity contribution is -0.671. The zero-order chi connectivity index (χ0) is 14.7. The van der Waals surface area contributed by atoms with E-state index in [1.165, 1.54) is 0 Å². The number of pyridine rings is 1. The number of hydrogen-bond donors (Lipinski definition) is 1. The minimum absolute atomic E-state index is 0.234.